The van der Waals surface area contributed by atoms with Crippen molar-refractivity contribution in [3.8, 4) is 0 Å². The van der Waals surface area contributed by atoms with E-state index in [9.17, 15) is 27.2 Å². The Morgan fingerprint density at radius 1 is 0.963 bits per heavy atom. The molecule has 0 unspecified atom stereocenters. The van der Waals surface area contributed by atoms with Crippen molar-refractivity contribution in [2.45, 2.75) is 24.7 Å². The topological polar surface area (TPSA) is 40.6 Å². The summed E-state index contributed by atoms with van der Waals surface area (Å²) in [5.74, 6) is -2.61. The minimum Gasteiger partial charge on any atom is -0.365 e. The lowest BCUT2D eigenvalue weighted by molar-refractivity contribution is -0.0882. The Bertz CT molecular complexity index is 894. The van der Waals surface area contributed by atoms with Crippen LogP contribution in [0.3, 0.4) is 0 Å². The van der Waals surface area contributed by atoms with Gasteiger partial charge in [0.15, 0.2) is 0 Å². The van der Waals surface area contributed by atoms with E-state index in [1.54, 1.807) is 17.0 Å². The van der Waals surface area contributed by atoms with Crippen molar-refractivity contribution >= 4 is 28.7 Å². The van der Waals surface area contributed by atoms with Crippen LogP contribution in [-0.2, 0) is 0 Å². The van der Waals surface area contributed by atoms with E-state index in [1.807, 2.05) is 0 Å². The minimum absolute atomic E-state index is 0.0589. The van der Waals surface area contributed by atoms with Crippen LogP contribution >= 0.6 is 11.3 Å². The molecule has 0 radical (unpaired) electrons. The molecular weight excluding hydrogens is 384 g/mol. The molecule has 1 aromatic heterocycles. The van der Waals surface area contributed by atoms with E-state index >= 15 is 0 Å². The maximum atomic E-state index is 13.1. The number of halogens is 4. The Morgan fingerprint density at radius 2 is 1.63 bits per heavy atom. The Balaban J connectivity index is 1.46. The van der Waals surface area contributed by atoms with Crippen LogP contribution in [0.15, 0.2) is 36.4 Å². The van der Waals surface area contributed by atoms with Gasteiger partial charge in [-0.1, -0.05) is 0 Å². The lowest BCUT2D eigenvalue weighted by Gasteiger charge is -2.35. The number of anilines is 1. The van der Waals surface area contributed by atoms with E-state index in [0.717, 1.165) is 18.2 Å². The highest BCUT2D eigenvalue weighted by Gasteiger charge is 2.46. The minimum atomic E-state index is -4.95. The number of carbonyl (C=O) groups excluding carboxylic acids is 2. The summed E-state index contributed by atoms with van der Waals surface area (Å²) in [4.78, 5) is 27.4. The van der Waals surface area contributed by atoms with E-state index < -0.39 is 16.8 Å². The average Bonchev–Trinajstić information content (AvgIpc) is 3.35. The molecule has 2 fully saturated rings. The van der Waals surface area contributed by atoms with Gasteiger partial charge in [0.2, 0.25) is 0 Å². The van der Waals surface area contributed by atoms with Gasteiger partial charge in [0.05, 0.1) is 15.8 Å². The first-order chi connectivity index (χ1) is 12.7. The third-order valence-corrected chi connectivity index (χ3v) is 6.03. The second-order valence-electron chi connectivity index (χ2n) is 6.62. The molecule has 1 aromatic carbocycles. The van der Waals surface area contributed by atoms with Crippen molar-refractivity contribution in [2.24, 2.45) is 0 Å². The van der Waals surface area contributed by atoms with Crippen LogP contribution in [0.25, 0.3) is 0 Å². The van der Waals surface area contributed by atoms with Crippen molar-refractivity contribution in [3.63, 3.8) is 0 Å². The standard InChI is InChI=1S/C18H14F4N2O2S/c19-10-1-3-11(4-2-10)23-8-13-7-12(23)9-24(13)17(26)15-6-5-14(27-15)16(25)18(20,21)22/h1-6,12-13H,7-9H2/t12-,13-/m0/s1. The Kier molecular flexibility index (Phi) is 4.21. The highest BCUT2D eigenvalue weighted by Crippen LogP contribution is 2.36. The molecule has 27 heavy (non-hydrogen) atoms. The fourth-order valence-corrected chi connectivity index (χ4v) is 4.64. The molecule has 3 heterocycles. The lowest BCUT2D eigenvalue weighted by atomic mass is 10.2. The summed E-state index contributed by atoms with van der Waals surface area (Å²) < 4.78 is 50.7. The van der Waals surface area contributed by atoms with Crippen LogP contribution in [0.2, 0.25) is 0 Å². The van der Waals surface area contributed by atoms with Gasteiger partial charge in [-0.2, -0.15) is 13.2 Å². The van der Waals surface area contributed by atoms with Gasteiger partial charge in [-0.05, 0) is 42.8 Å². The second kappa shape index (κ2) is 6.33. The number of Topliss-reactive ketones (excluding diaryl/α,β-unsaturated/α-hetero) is 1. The third kappa shape index (κ3) is 3.20. The maximum Gasteiger partial charge on any atom is 0.455 e. The van der Waals surface area contributed by atoms with Gasteiger partial charge >= 0.3 is 6.18 Å². The molecule has 2 bridgehead atoms. The number of thiophene rings is 1. The summed E-state index contributed by atoms with van der Waals surface area (Å²) in [5.41, 5.74) is 0.880. The van der Waals surface area contributed by atoms with Gasteiger partial charge in [-0.15, -0.1) is 11.3 Å². The number of likely N-dealkylation sites (tertiary alicyclic amines) is 1. The van der Waals surface area contributed by atoms with Crippen LogP contribution in [0.5, 0.6) is 0 Å². The highest BCUT2D eigenvalue weighted by molar-refractivity contribution is 7.16. The molecule has 2 aliphatic rings. The van der Waals surface area contributed by atoms with E-state index in [0.29, 0.717) is 24.4 Å². The van der Waals surface area contributed by atoms with Gasteiger partial charge in [0.25, 0.3) is 11.7 Å². The molecule has 4 nitrogen and oxygen atoms in total. The first-order valence-corrected chi connectivity index (χ1v) is 9.10. The van der Waals surface area contributed by atoms with Crippen molar-refractivity contribution in [1.82, 2.24) is 4.90 Å². The SMILES string of the molecule is O=C(c1ccc(C(=O)C(F)(F)F)s1)N1C[C@@H]2C[C@H]1CN2c1ccc(F)cc1. The molecule has 2 atom stereocenters. The summed E-state index contributed by atoms with van der Waals surface area (Å²) in [7, 11) is 0. The van der Waals surface area contributed by atoms with Gasteiger partial charge in [-0.3, -0.25) is 9.59 Å². The molecular formula is C18H14F4N2O2S. The van der Waals surface area contributed by atoms with Gasteiger partial charge in [0, 0.05) is 24.8 Å². The lowest BCUT2D eigenvalue weighted by Crippen LogP contribution is -2.48. The third-order valence-electron chi connectivity index (χ3n) is 4.96. The van der Waals surface area contributed by atoms with Crippen molar-refractivity contribution in [1.29, 1.82) is 0 Å². The Hall–Kier alpha value is -2.42. The molecule has 0 spiro atoms. The molecule has 2 saturated heterocycles. The molecule has 0 aliphatic carbocycles. The second-order valence-corrected chi connectivity index (χ2v) is 7.70. The van der Waals surface area contributed by atoms with Crippen molar-refractivity contribution in [2.75, 3.05) is 18.0 Å². The number of benzene rings is 1. The molecule has 0 N–H and O–H groups in total. The van der Waals surface area contributed by atoms with Gasteiger partial charge < -0.3 is 9.80 Å². The number of rotatable bonds is 3. The number of ketones is 1. The average molecular weight is 398 g/mol. The zero-order valence-corrected chi connectivity index (χ0v) is 14.7. The molecule has 2 aromatic rings. The molecule has 1 amide bonds. The zero-order chi connectivity index (χ0) is 19.3. The number of hydrogen-bond acceptors (Lipinski definition) is 4. The first kappa shape index (κ1) is 18.0. The van der Waals surface area contributed by atoms with E-state index in [-0.39, 0.29) is 28.7 Å². The molecule has 142 valence electrons. The Labute approximate surface area is 156 Å². The summed E-state index contributed by atoms with van der Waals surface area (Å²) >= 11 is 0.573. The number of carbonyl (C=O) groups is 2. The van der Waals surface area contributed by atoms with Crippen LogP contribution < -0.4 is 4.90 Å². The normalized spacial score (nSPS) is 21.8. The number of hydrogen-bond donors (Lipinski definition) is 0. The predicted molar refractivity (Wildman–Crippen MR) is 91.7 cm³/mol. The molecule has 9 heteroatoms. The smallest absolute Gasteiger partial charge is 0.365 e. The van der Waals surface area contributed by atoms with Gasteiger partial charge in [-0.25, -0.2) is 4.39 Å². The molecule has 0 saturated carbocycles. The van der Waals surface area contributed by atoms with Crippen LogP contribution in [-0.4, -0.2) is 47.9 Å². The summed E-state index contributed by atoms with van der Waals surface area (Å²) in [5, 5.41) is 0. The molecule has 4 rings (SSSR count). The van der Waals surface area contributed by atoms with Crippen LogP contribution in [0, 0.1) is 5.82 Å². The number of amides is 1. The largest absolute Gasteiger partial charge is 0.455 e. The van der Waals surface area contributed by atoms with Gasteiger partial charge in [0.1, 0.15) is 5.82 Å². The fourth-order valence-electron chi connectivity index (χ4n) is 3.72. The summed E-state index contributed by atoms with van der Waals surface area (Å²) in [6.07, 6.45) is -4.20. The fraction of sp³-hybridized carbons (Fsp3) is 0.333. The maximum absolute atomic E-state index is 13.1. The zero-order valence-electron chi connectivity index (χ0n) is 13.9. The van der Waals surface area contributed by atoms with Crippen LogP contribution in [0.1, 0.15) is 25.8 Å². The van der Waals surface area contributed by atoms with E-state index in [1.165, 1.54) is 18.2 Å². The van der Waals surface area contributed by atoms with Crippen LogP contribution in [0.4, 0.5) is 23.2 Å². The molecule has 2 aliphatic heterocycles. The van der Waals surface area contributed by atoms with E-state index in [4.69, 9.17) is 0 Å². The number of alkyl halides is 3. The predicted octanol–water partition coefficient (Wildman–Crippen LogP) is 3.74. The van der Waals surface area contributed by atoms with E-state index in [2.05, 4.69) is 4.90 Å². The number of piperazine rings is 1. The van der Waals surface area contributed by atoms with Crippen molar-refractivity contribution in [3.05, 3.63) is 52.0 Å². The Morgan fingerprint density at radius 3 is 2.22 bits per heavy atom. The highest BCUT2D eigenvalue weighted by atomic mass is 32.1. The quantitative estimate of drug-likeness (QED) is 0.584. The summed E-state index contributed by atoms with van der Waals surface area (Å²) in [6.45, 7) is 1.03. The number of nitrogens with zero attached hydrogens (tertiary/aromatic N) is 2. The monoisotopic (exact) mass is 398 g/mol. The van der Waals surface area contributed by atoms with Crippen molar-refractivity contribution < 1.29 is 27.2 Å². The first-order valence-electron chi connectivity index (χ1n) is 8.28. The summed E-state index contributed by atoms with van der Waals surface area (Å²) in [6, 6.07) is 8.50. The number of fused-ring (bicyclic) bond motifs is 2.